The van der Waals surface area contributed by atoms with Crippen molar-refractivity contribution >= 4 is 23.3 Å². The van der Waals surface area contributed by atoms with Gasteiger partial charge in [-0.1, -0.05) is 6.92 Å². The molecule has 1 aliphatic carbocycles. The molecule has 0 aliphatic heterocycles. The fourth-order valence-electron chi connectivity index (χ4n) is 2.34. The average Bonchev–Trinajstić information content (AvgIpc) is 2.73. The highest BCUT2D eigenvalue weighted by molar-refractivity contribution is 7.13. The van der Waals surface area contributed by atoms with Gasteiger partial charge < -0.3 is 15.7 Å². The third kappa shape index (κ3) is 3.09. The lowest BCUT2D eigenvalue weighted by Gasteiger charge is -2.41. The SMILES string of the molecule is CCC1(NC(=O)NCc2nc(C)c(C(=O)O)s2)CCC1. The van der Waals surface area contributed by atoms with Gasteiger partial charge in [-0.25, -0.2) is 14.6 Å². The number of urea groups is 1. The molecule has 20 heavy (non-hydrogen) atoms. The zero-order valence-corrected chi connectivity index (χ0v) is 12.5. The van der Waals surface area contributed by atoms with Crippen LogP contribution in [-0.4, -0.2) is 27.6 Å². The minimum absolute atomic E-state index is 0.0465. The van der Waals surface area contributed by atoms with Crippen LogP contribution >= 0.6 is 11.3 Å². The molecule has 1 fully saturated rings. The molecule has 0 unspecified atom stereocenters. The molecule has 110 valence electrons. The predicted molar refractivity (Wildman–Crippen MR) is 76.1 cm³/mol. The van der Waals surface area contributed by atoms with Gasteiger partial charge in [-0.2, -0.15) is 0 Å². The highest BCUT2D eigenvalue weighted by Gasteiger charge is 2.36. The molecule has 1 aliphatic rings. The molecule has 0 radical (unpaired) electrons. The Balaban J connectivity index is 1.87. The number of hydrogen-bond donors (Lipinski definition) is 3. The van der Waals surface area contributed by atoms with Gasteiger partial charge >= 0.3 is 12.0 Å². The summed E-state index contributed by atoms with van der Waals surface area (Å²) in [6.07, 6.45) is 4.13. The summed E-state index contributed by atoms with van der Waals surface area (Å²) in [5.41, 5.74) is 0.443. The Bertz CT molecular complexity index is 517. The van der Waals surface area contributed by atoms with Crippen LogP contribution < -0.4 is 10.6 Å². The van der Waals surface area contributed by atoms with E-state index in [4.69, 9.17) is 5.11 Å². The predicted octanol–water partition coefficient (Wildman–Crippen LogP) is 2.28. The first-order valence-corrected chi connectivity index (χ1v) is 7.53. The molecule has 7 heteroatoms. The molecule has 1 aromatic heterocycles. The van der Waals surface area contributed by atoms with Gasteiger partial charge in [0.25, 0.3) is 0 Å². The molecule has 1 aromatic rings. The second kappa shape index (κ2) is 5.78. The van der Waals surface area contributed by atoms with Gasteiger partial charge in [0.2, 0.25) is 0 Å². The number of amides is 2. The van der Waals surface area contributed by atoms with Crippen LogP contribution in [0.25, 0.3) is 0 Å². The number of carbonyl (C=O) groups excluding carboxylic acids is 1. The van der Waals surface area contributed by atoms with E-state index in [1.807, 2.05) is 0 Å². The van der Waals surface area contributed by atoms with Crippen LogP contribution in [-0.2, 0) is 6.54 Å². The van der Waals surface area contributed by atoms with E-state index < -0.39 is 5.97 Å². The summed E-state index contributed by atoms with van der Waals surface area (Å²) in [6.45, 7) is 3.98. The van der Waals surface area contributed by atoms with Crippen LogP contribution in [0.4, 0.5) is 4.79 Å². The van der Waals surface area contributed by atoms with Crippen molar-refractivity contribution in [1.82, 2.24) is 15.6 Å². The molecule has 2 rings (SSSR count). The Morgan fingerprint density at radius 1 is 1.45 bits per heavy atom. The quantitative estimate of drug-likeness (QED) is 0.777. The second-order valence-electron chi connectivity index (χ2n) is 5.12. The fourth-order valence-corrected chi connectivity index (χ4v) is 3.18. The molecular formula is C13H19N3O3S. The van der Waals surface area contributed by atoms with Crippen molar-refractivity contribution in [3.8, 4) is 0 Å². The van der Waals surface area contributed by atoms with E-state index >= 15 is 0 Å². The van der Waals surface area contributed by atoms with Crippen LogP contribution in [0.15, 0.2) is 0 Å². The number of aryl methyl sites for hydroxylation is 1. The largest absolute Gasteiger partial charge is 0.477 e. The summed E-state index contributed by atoms with van der Waals surface area (Å²) in [4.78, 5) is 27.1. The van der Waals surface area contributed by atoms with E-state index in [1.165, 1.54) is 0 Å². The molecule has 0 bridgehead atoms. The van der Waals surface area contributed by atoms with Gasteiger partial charge in [-0.05, 0) is 32.6 Å². The topological polar surface area (TPSA) is 91.3 Å². The molecule has 0 atom stereocenters. The minimum Gasteiger partial charge on any atom is -0.477 e. The van der Waals surface area contributed by atoms with Crippen molar-refractivity contribution in [1.29, 1.82) is 0 Å². The van der Waals surface area contributed by atoms with Crippen LogP contribution in [0, 0.1) is 6.92 Å². The number of carbonyl (C=O) groups is 2. The van der Waals surface area contributed by atoms with Crippen LogP contribution in [0.3, 0.4) is 0 Å². The third-order valence-corrected chi connectivity index (χ3v) is 4.95. The van der Waals surface area contributed by atoms with Crippen molar-refractivity contribution in [3.63, 3.8) is 0 Å². The first kappa shape index (κ1) is 14.8. The highest BCUT2D eigenvalue weighted by Crippen LogP contribution is 2.34. The zero-order chi connectivity index (χ0) is 14.8. The van der Waals surface area contributed by atoms with E-state index in [2.05, 4.69) is 22.5 Å². The van der Waals surface area contributed by atoms with Gasteiger partial charge in [-0.15, -0.1) is 11.3 Å². The number of rotatable bonds is 5. The number of aromatic nitrogens is 1. The number of thiazole rings is 1. The van der Waals surface area contributed by atoms with Gasteiger partial charge in [0.15, 0.2) is 0 Å². The van der Waals surface area contributed by atoms with Crippen molar-refractivity contribution in [2.24, 2.45) is 0 Å². The Kier molecular flexibility index (Phi) is 4.27. The minimum atomic E-state index is -0.977. The Labute approximate surface area is 121 Å². The Hall–Kier alpha value is -1.63. The number of nitrogens with one attached hydrogen (secondary N) is 2. The Morgan fingerprint density at radius 3 is 2.60 bits per heavy atom. The first-order chi connectivity index (χ1) is 9.46. The zero-order valence-electron chi connectivity index (χ0n) is 11.7. The Morgan fingerprint density at radius 2 is 2.15 bits per heavy atom. The molecule has 3 N–H and O–H groups in total. The monoisotopic (exact) mass is 297 g/mol. The highest BCUT2D eigenvalue weighted by atomic mass is 32.1. The van der Waals surface area contributed by atoms with Gasteiger partial charge in [0.05, 0.1) is 12.2 Å². The van der Waals surface area contributed by atoms with E-state index in [-0.39, 0.29) is 23.0 Å². The molecule has 1 saturated carbocycles. The smallest absolute Gasteiger partial charge is 0.347 e. The summed E-state index contributed by atoms with van der Waals surface area (Å²) < 4.78 is 0. The summed E-state index contributed by atoms with van der Waals surface area (Å²) >= 11 is 1.10. The lowest BCUT2D eigenvalue weighted by atomic mass is 9.75. The molecule has 0 spiro atoms. The van der Waals surface area contributed by atoms with E-state index in [9.17, 15) is 9.59 Å². The maximum absolute atomic E-state index is 11.8. The van der Waals surface area contributed by atoms with Crippen molar-refractivity contribution < 1.29 is 14.7 Å². The number of carboxylic acids is 1. The number of carboxylic acid groups (broad SMARTS) is 1. The van der Waals surface area contributed by atoms with E-state index in [1.54, 1.807) is 6.92 Å². The standard InChI is InChI=1S/C13H19N3O3S/c1-3-13(5-4-6-13)16-12(19)14-7-9-15-8(2)10(20-9)11(17)18/h3-7H2,1-2H3,(H,17,18)(H2,14,16,19). The number of aromatic carboxylic acids is 1. The molecular weight excluding hydrogens is 278 g/mol. The molecule has 6 nitrogen and oxygen atoms in total. The summed E-state index contributed by atoms with van der Waals surface area (Å²) in [5, 5.41) is 15.3. The normalized spacial score (nSPS) is 16.3. The van der Waals surface area contributed by atoms with E-state index in [0.717, 1.165) is 37.0 Å². The summed E-state index contributed by atoms with van der Waals surface area (Å²) in [5.74, 6) is -0.977. The lowest BCUT2D eigenvalue weighted by molar-refractivity contribution is 0.0701. The average molecular weight is 297 g/mol. The fraction of sp³-hybridized carbons (Fsp3) is 0.615. The van der Waals surface area contributed by atoms with Crippen molar-refractivity contribution in [2.45, 2.75) is 51.6 Å². The second-order valence-corrected chi connectivity index (χ2v) is 6.21. The van der Waals surface area contributed by atoms with Gasteiger partial charge in [0.1, 0.15) is 9.88 Å². The van der Waals surface area contributed by atoms with Gasteiger partial charge in [0, 0.05) is 5.54 Å². The maximum Gasteiger partial charge on any atom is 0.347 e. The first-order valence-electron chi connectivity index (χ1n) is 6.71. The van der Waals surface area contributed by atoms with Crippen molar-refractivity contribution in [2.75, 3.05) is 0 Å². The summed E-state index contributed by atoms with van der Waals surface area (Å²) in [6, 6.07) is -0.212. The molecule has 0 saturated heterocycles. The van der Waals surface area contributed by atoms with Gasteiger partial charge in [-0.3, -0.25) is 0 Å². The lowest BCUT2D eigenvalue weighted by Crippen LogP contribution is -2.55. The van der Waals surface area contributed by atoms with Crippen LogP contribution in [0.5, 0.6) is 0 Å². The summed E-state index contributed by atoms with van der Waals surface area (Å²) in [7, 11) is 0. The van der Waals surface area contributed by atoms with E-state index in [0.29, 0.717) is 10.7 Å². The molecule has 2 amide bonds. The van der Waals surface area contributed by atoms with Crippen LogP contribution in [0.2, 0.25) is 0 Å². The maximum atomic E-state index is 11.8. The number of nitrogens with zero attached hydrogens (tertiary/aromatic N) is 1. The third-order valence-electron chi connectivity index (χ3n) is 3.80. The number of hydrogen-bond acceptors (Lipinski definition) is 4. The molecule has 0 aromatic carbocycles. The van der Waals surface area contributed by atoms with Crippen LogP contribution in [0.1, 0.15) is 53.0 Å². The molecule has 1 heterocycles. The van der Waals surface area contributed by atoms with Crippen molar-refractivity contribution in [3.05, 3.63) is 15.6 Å².